The van der Waals surface area contributed by atoms with Gasteiger partial charge in [-0.1, -0.05) is 62.1 Å². The van der Waals surface area contributed by atoms with E-state index in [2.05, 4.69) is 27.5 Å². The summed E-state index contributed by atoms with van der Waals surface area (Å²) in [5.41, 5.74) is 13.6. The number of methoxy groups -OCH3 is 1. The van der Waals surface area contributed by atoms with E-state index in [0.29, 0.717) is 52.0 Å². The highest BCUT2D eigenvalue weighted by atomic mass is 35.5. The van der Waals surface area contributed by atoms with Gasteiger partial charge in [0.1, 0.15) is 18.3 Å². The Morgan fingerprint density at radius 1 is 0.966 bits per heavy atom. The average molecular weight is 838 g/mol. The van der Waals surface area contributed by atoms with Crippen molar-refractivity contribution in [3.8, 4) is 0 Å². The Balaban J connectivity index is 1.58. The number of nitrogens with two attached hydrogens (primary N) is 2. The van der Waals surface area contributed by atoms with Crippen LogP contribution in [0.15, 0.2) is 24.3 Å². The fourth-order valence-electron chi connectivity index (χ4n) is 7.00. The van der Waals surface area contributed by atoms with E-state index in [9.17, 15) is 34.8 Å². The number of rotatable bonds is 23. The van der Waals surface area contributed by atoms with Crippen LogP contribution in [0.2, 0.25) is 5.15 Å². The predicted molar refractivity (Wildman–Crippen MR) is 220 cm³/mol. The van der Waals surface area contributed by atoms with Gasteiger partial charge in [0.05, 0.1) is 19.8 Å². The van der Waals surface area contributed by atoms with Crippen LogP contribution in [0.1, 0.15) is 67.1 Å². The molecule has 19 heteroatoms. The van der Waals surface area contributed by atoms with E-state index in [1.54, 1.807) is 9.80 Å². The van der Waals surface area contributed by atoms with Crippen molar-refractivity contribution >= 4 is 41.3 Å². The maximum atomic E-state index is 13.2. The molecule has 1 aromatic carbocycles. The summed E-state index contributed by atoms with van der Waals surface area (Å²) in [6.45, 7) is 6.36. The SMILES string of the molecule is CCCCCCN(CCNC(=O)N1CCC(CN(C[C@H](CNC(=O)c2nc(Cl)c(N)nc2N)Cc2ccccc2C)C(=O)OC)CC1)C[C@H](O)[C@@H](O)[C@H](O)[C@H](O)CO. The van der Waals surface area contributed by atoms with Crippen molar-refractivity contribution < 1.29 is 44.7 Å². The lowest BCUT2D eigenvalue weighted by Crippen LogP contribution is -2.51. The molecule has 2 heterocycles. The average Bonchev–Trinajstić information content (AvgIpc) is 3.21. The number of aromatic nitrogens is 2. The van der Waals surface area contributed by atoms with Crippen molar-refractivity contribution in [1.29, 1.82) is 0 Å². The van der Waals surface area contributed by atoms with Crippen LogP contribution in [-0.4, -0.2) is 165 Å². The second kappa shape index (κ2) is 24.8. The zero-order valence-electron chi connectivity index (χ0n) is 33.9. The number of amides is 4. The van der Waals surface area contributed by atoms with Gasteiger partial charge < -0.3 is 62.2 Å². The molecule has 0 bridgehead atoms. The van der Waals surface area contributed by atoms with Crippen molar-refractivity contribution in [2.24, 2.45) is 11.8 Å². The Kier molecular flexibility index (Phi) is 20.6. The molecule has 1 fully saturated rings. The van der Waals surface area contributed by atoms with Gasteiger partial charge >= 0.3 is 12.1 Å². The number of halogens is 1. The number of hydrogen-bond donors (Lipinski definition) is 9. The topological polar surface area (TPSA) is 273 Å². The molecular weight excluding hydrogens is 774 g/mol. The Labute approximate surface area is 345 Å². The monoisotopic (exact) mass is 837 g/mol. The number of aliphatic hydroxyl groups is 5. The largest absolute Gasteiger partial charge is 0.453 e. The number of carbonyl (C=O) groups is 3. The number of hydrogen-bond acceptors (Lipinski definition) is 14. The van der Waals surface area contributed by atoms with Gasteiger partial charge in [0.2, 0.25) is 0 Å². The lowest BCUT2D eigenvalue weighted by molar-refractivity contribution is -0.119. The molecule has 0 radical (unpaired) electrons. The smallest absolute Gasteiger partial charge is 0.409 e. The van der Waals surface area contributed by atoms with E-state index in [4.69, 9.17) is 32.9 Å². The summed E-state index contributed by atoms with van der Waals surface area (Å²) >= 11 is 6.00. The van der Waals surface area contributed by atoms with Crippen LogP contribution in [0, 0.1) is 18.8 Å². The third-order valence-electron chi connectivity index (χ3n) is 10.5. The predicted octanol–water partition coefficient (Wildman–Crippen LogP) is 1.000. The lowest BCUT2D eigenvalue weighted by atomic mass is 9.93. The summed E-state index contributed by atoms with van der Waals surface area (Å²) in [6.07, 6.45) is -1.11. The van der Waals surface area contributed by atoms with E-state index in [1.807, 2.05) is 36.1 Å². The number of nitrogens with zero attached hydrogens (tertiary/aromatic N) is 5. The summed E-state index contributed by atoms with van der Waals surface area (Å²) in [7, 11) is 1.33. The van der Waals surface area contributed by atoms with Gasteiger partial charge in [-0.3, -0.25) is 9.69 Å². The van der Waals surface area contributed by atoms with Crippen molar-refractivity contribution in [2.75, 3.05) is 84.1 Å². The number of piperidine rings is 1. The first-order chi connectivity index (χ1) is 27.7. The van der Waals surface area contributed by atoms with Crippen molar-refractivity contribution in [1.82, 2.24) is 35.3 Å². The number of likely N-dealkylation sites (tertiary alicyclic amines) is 1. The molecule has 4 amide bonds. The maximum absolute atomic E-state index is 13.2. The van der Waals surface area contributed by atoms with Gasteiger partial charge in [0, 0.05) is 52.4 Å². The molecule has 3 rings (SSSR count). The molecule has 1 aliphatic heterocycles. The van der Waals surface area contributed by atoms with Crippen LogP contribution in [0.4, 0.5) is 21.2 Å². The van der Waals surface area contributed by atoms with Crippen molar-refractivity contribution in [3.63, 3.8) is 0 Å². The number of aryl methyl sites for hydroxylation is 1. The van der Waals surface area contributed by atoms with Crippen LogP contribution in [0.5, 0.6) is 0 Å². The molecule has 1 saturated heterocycles. The van der Waals surface area contributed by atoms with Gasteiger partial charge in [-0.2, -0.15) is 0 Å². The summed E-state index contributed by atoms with van der Waals surface area (Å²) in [4.78, 5) is 52.6. The molecule has 0 saturated carbocycles. The first-order valence-electron chi connectivity index (χ1n) is 20.0. The van der Waals surface area contributed by atoms with Crippen molar-refractivity contribution in [2.45, 2.75) is 83.2 Å². The minimum Gasteiger partial charge on any atom is -0.453 e. The molecule has 0 spiro atoms. The number of urea groups is 1. The third-order valence-corrected chi connectivity index (χ3v) is 10.8. The number of nitrogen functional groups attached to an aromatic ring is 2. The first kappa shape index (κ1) is 48.3. The number of unbranched alkanes of at least 4 members (excludes halogenated alkanes) is 3. The van der Waals surface area contributed by atoms with Crippen LogP contribution < -0.4 is 22.1 Å². The fourth-order valence-corrected chi connectivity index (χ4v) is 7.13. The molecule has 0 aliphatic carbocycles. The summed E-state index contributed by atoms with van der Waals surface area (Å²) in [5.74, 6) is -0.980. The number of anilines is 2. The molecule has 0 unspecified atom stereocenters. The molecule has 2 aromatic rings. The molecule has 58 heavy (non-hydrogen) atoms. The summed E-state index contributed by atoms with van der Waals surface area (Å²) < 4.78 is 5.18. The quantitative estimate of drug-likeness (QED) is 0.0707. The van der Waals surface area contributed by atoms with Gasteiger partial charge in [-0.05, 0) is 62.1 Å². The van der Waals surface area contributed by atoms with Crippen LogP contribution in [-0.2, 0) is 11.2 Å². The minimum absolute atomic E-state index is 0.000581. The zero-order chi connectivity index (χ0) is 42.8. The maximum Gasteiger partial charge on any atom is 0.409 e. The number of carbonyl (C=O) groups excluding carboxylic acids is 3. The lowest BCUT2D eigenvalue weighted by Gasteiger charge is -2.36. The summed E-state index contributed by atoms with van der Waals surface area (Å²) in [5, 5.41) is 55.5. The number of nitrogens with one attached hydrogen (secondary N) is 2. The highest BCUT2D eigenvalue weighted by molar-refractivity contribution is 6.31. The summed E-state index contributed by atoms with van der Waals surface area (Å²) in [6, 6.07) is 7.66. The molecule has 326 valence electrons. The molecule has 11 N–H and O–H groups in total. The number of aliphatic hydroxyl groups excluding tert-OH is 5. The van der Waals surface area contributed by atoms with Gasteiger partial charge in [0.15, 0.2) is 22.5 Å². The second-order valence-electron chi connectivity index (χ2n) is 15.0. The van der Waals surface area contributed by atoms with Crippen LogP contribution in [0.25, 0.3) is 0 Å². The number of ether oxygens (including phenoxy) is 1. The second-order valence-corrected chi connectivity index (χ2v) is 15.4. The molecule has 1 aromatic heterocycles. The van der Waals surface area contributed by atoms with E-state index in [-0.39, 0.29) is 66.5 Å². The third kappa shape index (κ3) is 15.3. The van der Waals surface area contributed by atoms with E-state index in [0.717, 1.165) is 36.8 Å². The van der Waals surface area contributed by atoms with E-state index >= 15 is 0 Å². The Morgan fingerprint density at radius 3 is 2.31 bits per heavy atom. The highest BCUT2D eigenvalue weighted by Crippen LogP contribution is 2.22. The van der Waals surface area contributed by atoms with Crippen LogP contribution >= 0.6 is 11.6 Å². The Morgan fingerprint density at radius 2 is 1.66 bits per heavy atom. The Hall–Kier alpha value is -4.04. The van der Waals surface area contributed by atoms with E-state index < -0.39 is 43.0 Å². The molecule has 5 atom stereocenters. The minimum atomic E-state index is -1.71. The fraction of sp³-hybridized carbons (Fsp3) is 0.667. The zero-order valence-corrected chi connectivity index (χ0v) is 34.7. The van der Waals surface area contributed by atoms with Gasteiger partial charge in [0.25, 0.3) is 5.91 Å². The van der Waals surface area contributed by atoms with E-state index in [1.165, 1.54) is 7.11 Å². The standard InChI is InChI=1S/C39H64ClN9O9/c1-4-5-6-9-15-47(23-29(51)32(53)33(54)30(52)24-50)18-14-43-38(56)48-16-12-26(13-17-48)21-49(39(57)58-3)22-27(19-28-11-8-7-10-25(28)2)20-44-37(55)31-35(41)46-36(42)34(40)45-31/h7-8,10-11,26-27,29-30,32-33,50-54H,4-6,9,12-24H2,1-3H3,(H,43,56)(H,44,55)(H4,41,42,46)/t27-,29-,30+,32+,33+/m0/s1. The molecular formula is C39H64ClN9O9. The highest BCUT2D eigenvalue weighted by Gasteiger charge is 2.32. The van der Waals surface area contributed by atoms with Crippen molar-refractivity contribution in [3.05, 3.63) is 46.2 Å². The number of benzene rings is 1. The van der Waals surface area contributed by atoms with Gasteiger partial charge in [-0.15, -0.1) is 0 Å². The van der Waals surface area contributed by atoms with Gasteiger partial charge in [-0.25, -0.2) is 19.6 Å². The molecule has 18 nitrogen and oxygen atoms in total. The normalized spacial score (nSPS) is 16.0. The van der Waals surface area contributed by atoms with Crippen LogP contribution in [0.3, 0.4) is 0 Å². The molecule has 1 aliphatic rings. The Bertz CT molecular complexity index is 1590. The first-order valence-corrected chi connectivity index (χ1v) is 20.4.